The van der Waals surface area contributed by atoms with E-state index < -0.39 is 28.5 Å². The molecule has 2 amide bonds. The zero-order chi connectivity index (χ0) is 29.6. The third kappa shape index (κ3) is 7.91. The lowest BCUT2D eigenvalue weighted by Gasteiger charge is -2.32. The van der Waals surface area contributed by atoms with Crippen LogP contribution in [0.4, 0.5) is 5.69 Å². The van der Waals surface area contributed by atoms with Crippen molar-refractivity contribution in [3.05, 3.63) is 92.9 Å². The van der Waals surface area contributed by atoms with Crippen LogP contribution in [0.25, 0.3) is 0 Å². The average Bonchev–Trinajstić information content (AvgIpc) is 2.90. The number of carbonyl (C=O) groups is 2. The Morgan fingerprint density at radius 3 is 2.00 bits per heavy atom. The second kappa shape index (κ2) is 13.7. The van der Waals surface area contributed by atoms with Crippen molar-refractivity contribution >= 4 is 62.3 Å². The summed E-state index contributed by atoms with van der Waals surface area (Å²) in [7, 11) is -4.19. The molecule has 0 radical (unpaired) electrons. The van der Waals surface area contributed by atoms with E-state index in [0.29, 0.717) is 32.9 Å². The van der Waals surface area contributed by atoms with Crippen LogP contribution in [0.3, 0.4) is 0 Å². The zero-order valence-corrected chi connectivity index (χ0v) is 25.8. The molecule has 0 aromatic heterocycles. The van der Waals surface area contributed by atoms with Crippen LogP contribution in [-0.2, 0) is 26.2 Å². The molecule has 1 atom stereocenters. The second-order valence-electron chi connectivity index (χ2n) is 9.84. The highest BCUT2D eigenvalue weighted by Crippen LogP contribution is 2.29. The summed E-state index contributed by atoms with van der Waals surface area (Å²) >= 11 is 18.8. The molecule has 3 aromatic carbocycles. The van der Waals surface area contributed by atoms with Crippen LogP contribution in [0.5, 0.6) is 0 Å². The molecule has 0 aliphatic heterocycles. The summed E-state index contributed by atoms with van der Waals surface area (Å²) < 4.78 is 28.7. The monoisotopic (exact) mass is 623 g/mol. The molecule has 0 unspecified atom stereocenters. The van der Waals surface area contributed by atoms with E-state index in [2.05, 4.69) is 5.32 Å². The molecule has 214 valence electrons. The Balaban J connectivity index is 2.04. The molecule has 0 aliphatic rings. The summed E-state index contributed by atoms with van der Waals surface area (Å²) in [5.74, 6) is -0.797. The normalized spacial score (nSPS) is 12.2. The Bertz CT molecular complexity index is 1430. The number of sulfonamides is 1. The van der Waals surface area contributed by atoms with E-state index in [9.17, 15) is 18.0 Å². The predicted molar refractivity (Wildman–Crippen MR) is 161 cm³/mol. The van der Waals surface area contributed by atoms with E-state index in [-0.39, 0.29) is 23.3 Å². The van der Waals surface area contributed by atoms with Gasteiger partial charge in [-0.2, -0.15) is 0 Å². The van der Waals surface area contributed by atoms with Crippen molar-refractivity contribution in [3.8, 4) is 0 Å². The summed E-state index contributed by atoms with van der Waals surface area (Å²) in [5.41, 5.74) is 1.66. The summed E-state index contributed by atoms with van der Waals surface area (Å²) in [5, 5.41) is 3.86. The van der Waals surface area contributed by atoms with Gasteiger partial charge in [0.25, 0.3) is 10.0 Å². The van der Waals surface area contributed by atoms with E-state index in [4.69, 9.17) is 34.8 Å². The van der Waals surface area contributed by atoms with Gasteiger partial charge in [0, 0.05) is 33.7 Å². The summed E-state index contributed by atoms with van der Waals surface area (Å²) in [6.45, 7) is 7.12. The SMILES string of the molecule is Cc1ccc(N(CC(=O)N(Cc2c(Cl)cccc2Cl)[C@@H](C)C(=O)NCC(C)C)S(=O)(=O)c2ccc(Cl)cc2)cc1. The highest BCUT2D eigenvalue weighted by Gasteiger charge is 2.33. The number of carbonyl (C=O) groups excluding carboxylic acids is 2. The summed E-state index contributed by atoms with van der Waals surface area (Å²) in [6.07, 6.45) is 0. The second-order valence-corrected chi connectivity index (χ2v) is 13.0. The quantitative estimate of drug-likeness (QED) is 0.270. The Labute approximate surface area is 251 Å². The number of halogens is 3. The maximum Gasteiger partial charge on any atom is 0.264 e. The number of benzene rings is 3. The Morgan fingerprint density at radius 1 is 0.875 bits per heavy atom. The maximum atomic E-state index is 14.0. The maximum absolute atomic E-state index is 14.0. The van der Waals surface area contributed by atoms with Crippen molar-refractivity contribution in [1.29, 1.82) is 0 Å². The van der Waals surface area contributed by atoms with E-state index in [1.165, 1.54) is 29.2 Å². The Kier molecular flexibility index (Phi) is 10.9. The fourth-order valence-corrected chi connectivity index (χ4v) is 5.92. The highest BCUT2D eigenvalue weighted by atomic mass is 35.5. The van der Waals surface area contributed by atoms with Gasteiger partial charge in [-0.1, -0.05) is 72.4 Å². The number of nitrogens with one attached hydrogen (secondary N) is 1. The van der Waals surface area contributed by atoms with Crippen LogP contribution in [0, 0.1) is 12.8 Å². The largest absolute Gasteiger partial charge is 0.354 e. The number of anilines is 1. The number of amides is 2. The lowest BCUT2D eigenvalue weighted by molar-refractivity contribution is -0.139. The van der Waals surface area contributed by atoms with E-state index in [1.54, 1.807) is 49.4 Å². The molecule has 0 bridgehead atoms. The third-order valence-electron chi connectivity index (χ3n) is 6.24. The van der Waals surface area contributed by atoms with Gasteiger partial charge >= 0.3 is 0 Å². The van der Waals surface area contributed by atoms with Crippen molar-refractivity contribution in [2.75, 3.05) is 17.4 Å². The molecule has 11 heteroatoms. The molecule has 0 saturated carbocycles. The zero-order valence-electron chi connectivity index (χ0n) is 22.7. The lowest BCUT2D eigenvalue weighted by atomic mass is 10.1. The molecule has 0 heterocycles. The smallest absolute Gasteiger partial charge is 0.264 e. The molecule has 0 aliphatic carbocycles. The van der Waals surface area contributed by atoms with Crippen LogP contribution in [0.15, 0.2) is 71.6 Å². The van der Waals surface area contributed by atoms with Gasteiger partial charge in [-0.15, -0.1) is 0 Å². The van der Waals surface area contributed by atoms with Gasteiger partial charge in [-0.25, -0.2) is 8.42 Å². The van der Waals surface area contributed by atoms with Crippen molar-refractivity contribution < 1.29 is 18.0 Å². The number of nitrogens with zero attached hydrogens (tertiary/aromatic N) is 2. The number of rotatable bonds is 11. The van der Waals surface area contributed by atoms with Gasteiger partial charge in [-0.3, -0.25) is 13.9 Å². The number of hydrogen-bond donors (Lipinski definition) is 1. The summed E-state index contributed by atoms with van der Waals surface area (Å²) in [4.78, 5) is 28.3. The van der Waals surface area contributed by atoms with Crippen molar-refractivity contribution in [2.24, 2.45) is 5.92 Å². The minimum absolute atomic E-state index is 0.0336. The Hall–Kier alpha value is -2.78. The van der Waals surface area contributed by atoms with Crippen LogP contribution >= 0.6 is 34.8 Å². The highest BCUT2D eigenvalue weighted by molar-refractivity contribution is 7.92. The van der Waals surface area contributed by atoms with Gasteiger partial charge in [0.1, 0.15) is 12.6 Å². The molecule has 3 rings (SSSR count). The fraction of sp³-hybridized carbons (Fsp3) is 0.310. The van der Waals surface area contributed by atoms with Gasteiger partial charge in [0.2, 0.25) is 11.8 Å². The lowest BCUT2D eigenvalue weighted by Crippen LogP contribution is -2.51. The molecular formula is C29H32Cl3N3O4S. The van der Waals surface area contributed by atoms with Gasteiger partial charge in [0.05, 0.1) is 10.6 Å². The molecular weight excluding hydrogens is 593 g/mol. The minimum atomic E-state index is -4.19. The first-order chi connectivity index (χ1) is 18.8. The molecule has 3 aromatic rings. The van der Waals surface area contributed by atoms with E-state index in [0.717, 1.165) is 9.87 Å². The third-order valence-corrected chi connectivity index (χ3v) is 8.99. The Morgan fingerprint density at radius 2 is 1.45 bits per heavy atom. The predicted octanol–water partition coefficient (Wildman–Crippen LogP) is 6.34. The standard InChI is InChI=1S/C29H32Cl3N3O4S/c1-19(2)16-33-29(37)21(4)34(17-25-26(31)6-5-7-27(25)32)28(36)18-35(23-12-8-20(3)9-13-23)40(38,39)24-14-10-22(30)11-15-24/h5-15,19,21H,16-18H2,1-4H3,(H,33,37)/t21-/m0/s1. The van der Waals surface area contributed by atoms with E-state index >= 15 is 0 Å². The van der Waals surface area contributed by atoms with Gasteiger partial charge < -0.3 is 10.2 Å². The number of aryl methyl sites for hydroxylation is 1. The fourth-order valence-electron chi connectivity index (χ4n) is 3.86. The van der Waals surface area contributed by atoms with Gasteiger partial charge in [-0.05, 0) is 68.3 Å². The first-order valence-electron chi connectivity index (χ1n) is 12.7. The first kappa shape index (κ1) is 31.7. The van der Waals surface area contributed by atoms with Crippen LogP contribution in [0.2, 0.25) is 15.1 Å². The van der Waals surface area contributed by atoms with Gasteiger partial charge in [0.15, 0.2) is 0 Å². The molecule has 40 heavy (non-hydrogen) atoms. The van der Waals surface area contributed by atoms with E-state index in [1.807, 2.05) is 20.8 Å². The molecule has 7 nitrogen and oxygen atoms in total. The first-order valence-corrected chi connectivity index (χ1v) is 15.2. The minimum Gasteiger partial charge on any atom is -0.354 e. The van der Waals surface area contributed by atoms with Crippen LogP contribution in [0.1, 0.15) is 31.9 Å². The average molecular weight is 625 g/mol. The summed E-state index contributed by atoms with van der Waals surface area (Å²) in [6, 6.07) is 16.5. The van der Waals surface area contributed by atoms with Crippen LogP contribution in [-0.4, -0.2) is 44.3 Å². The topological polar surface area (TPSA) is 86.8 Å². The molecule has 0 fully saturated rings. The molecule has 1 N–H and O–H groups in total. The molecule has 0 spiro atoms. The van der Waals surface area contributed by atoms with Crippen molar-refractivity contribution in [3.63, 3.8) is 0 Å². The molecule has 0 saturated heterocycles. The van der Waals surface area contributed by atoms with Crippen LogP contribution < -0.4 is 9.62 Å². The van der Waals surface area contributed by atoms with Crippen molar-refractivity contribution in [2.45, 2.75) is 45.2 Å². The van der Waals surface area contributed by atoms with Crippen molar-refractivity contribution in [1.82, 2.24) is 10.2 Å². The number of hydrogen-bond acceptors (Lipinski definition) is 4.